The third-order valence-electron chi connectivity index (χ3n) is 5.65. The molecular formula is C23H21ClF4N2O8S. The van der Waals surface area contributed by atoms with Gasteiger partial charge in [0.05, 0.1) is 30.5 Å². The number of carbonyl (C=O) groups is 3. The highest BCUT2D eigenvalue weighted by Gasteiger charge is 2.55. The van der Waals surface area contributed by atoms with Crippen LogP contribution in [0.5, 0.6) is 5.75 Å². The summed E-state index contributed by atoms with van der Waals surface area (Å²) < 4.78 is 96.9. The Labute approximate surface area is 224 Å². The average molecular weight is 597 g/mol. The van der Waals surface area contributed by atoms with E-state index in [4.69, 9.17) is 25.6 Å². The number of rotatable bonds is 10. The molecule has 0 saturated heterocycles. The number of benzene rings is 2. The van der Waals surface area contributed by atoms with E-state index in [9.17, 15) is 36.0 Å². The van der Waals surface area contributed by atoms with E-state index in [1.807, 2.05) is 0 Å². The van der Waals surface area contributed by atoms with E-state index < -0.39 is 88.4 Å². The van der Waals surface area contributed by atoms with E-state index >= 15 is 4.39 Å². The van der Waals surface area contributed by atoms with Crippen LogP contribution >= 0.6 is 11.6 Å². The maximum Gasteiger partial charge on any atom is 0.416 e. The highest BCUT2D eigenvalue weighted by atomic mass is 35.5. The van der Waals surface area contributed by atoms with Crippen LogP contribution in [0.2, 0.25) is 5.02 Å². The number of amides is 2. The van der Waals surface area contributed by atoms with Crippen LogP contribution in [0.1, 0.15) is 29.5 Å². The molecule has 212 valence electrons. The molecule has 16 heteroatoms. The molecule has 0 bridgehead atoms. The number of ether oxygens (including phenoxy) is 2. The predicted molar refractivity (Wildman–Crippen MR) is 128 cm³/mol. The number of hydrogen-bond acceptors (Lipinski definition) is 7. The van der Waals surface area contributed by atoms with Crippen molar-refractivity contribution in [2.75, 3.05) is 31.0 Å². The standard InChI is InChI=1S/C23H21ClF4N2O8S/c1-37-18-5-3-14(24)11-16(18)22(25)15-4-2-13(23(26,27)28)10-17(15)30(21(22)33)12-38-20(32)7-6-19(31)29-8-9-39(34,35)36/h2-5,10-11H,6-9,12H2,1H3,(H,29,31)(H,34,35,36)/t22-/m0/s1. The van der Waals surface area contributed by atoms with Gasteiger partial charge in [0.15, 0.2) is 6.73 Å². The third kappa shape index (κ3) is 6.78. The predicted octanol–water partition coefficient (Wildman–Crippen LogP) is 3.21. The fraction of sp³-hybridized carbons (Fsp3) is 0.348. The Hall–Kier alpha value is -3.43. The lowest BCUT2D eigenvalue weighted by atomic mass is 9.88. The largest absolute Gasteiger partial charge is 0.496 e. The summed E-state index contributed by atoms with van der Waals surface area (Å²) >= 11 is 5.99. The van der Waals surface area contributed by atoms with Crippen LogP contribution in [0.4, 0.5) is 23.2 Å². The molecule has 1 atom stereocenters. The van der Waals surface area contributed by atoms with Crippen molar-refractivity contribution in [3.05, 3.63) is 58.1 Å². The number of carbonyl (C=O) groups excluding carboxylic acids is 3. The molecule has 2 aromatic rings. The van der Waals surface area contributed by atoms with Crippen LogP contribution in [-0.4, -0.2) is 56.9 Å². The first-order valence-electron chi connectivity index (χ1n) is 11.0. The Morgan fingerprint density at radius 2 is 1.82 bits per heavy atom. The molecule has 0 aliphatic carbocycles. The first-order chi connectivity index (χ1) is 18.1. The lowest BCUT2D eigenvalue weighted by molar-refractivity contribution is -0.146. The van der Waals surface area contributed by atoms with Crippen molar-refractivity contribution in [2.24, 2.45) is 0 Å². The zero-order chi connectivity index (χ0) is 29.2. The summed E-state index contributed by atoms with van der Waals surface area (Å²) in [5, 5.41) is 2.16. The summed E-state index contributed by atoms with van der Waals surface area (Å²) in [6.07, 6.45) is -5.86. The van der Waals surface area contributed by atoms with Crippen LogP contribution in [0, 0.1) is 0 Å². The van der Waals surface area contributed by atoms with Gasteiger partial charge in [-0.1, -0.05) is 17.7 Å². The zero-order valence-corrected chi connectivity index (χ0v) is 21.6. The second-order valence-electron chi connectivity index (χ2n) is 8.25. The maximum atomic E-state index is 16.7. The van der Waals surface area contributed by atoms with Crippen molar-refractivity contribution >= 4 is 45.2 Å². The highest BCUT2D eigenvalue weighted by molar-refractivity contribution is 7.85. The Bertz CT molecular complexity index is 1400. The number of anilines is 1. The van der Waals surface area contributed by atoms with Crippen molar-refractivity contribution in [3.63, 3.8) is 0 Å². The van der Waals surface area contributed by atoms with Crippen LogP contribution < -0.4 is 15.0 Å². The third-order valence-corrected chi connectivity index (χ3v) is 6.61. The van der Waals surface area contributed by atoms with Gasteiger partial charge in [-0.05, 0) is 30.3 Å². The van der Waals surface area contributed by atoms with Crippen LogP contribution in [0.3, 0.4) is 0 Å². The SMILES string of the molecule is COc1ccc(Cl)cc1[C@]1(F)C(=O)N(COC(=O)CCC(=O)NCCS(=O)(=O)O)c2cc(C(F)(F)F)ccc21. The zero-order valence-electron chi connectivity index (χ0n) is 20.0. The van der Waals surface area contributed by atoms with Crippen molar-refractivity contribution < 1.29 is 54.4 Å². The van der Waals surface area contributed by atoms with E-state index in [-0.39, 0.29) is 16.3 Å². The second kappa shape index (κ2) is 11.4. The first kappa shape index (κ1) is 30.1. The van der Waals surface area contributed by atoms with E-state index in [2.05, 4.69) is 5.32 Å². The molecule has 0 fully saturated rings. The van der Waals surface area contributed by atoms with Crippen molar-refractivity contribution in [1.82, 2.24) is 5.32 Å². The minimum atomic E-state index is -4.83. The van der Waals surface area contributed by atoms with Gasteiger partial charge in [-0.2, -0.15) is 21.6 Å². The van der Waals surface area contributed by atoms with Gasteiger partial charge in [0.25, 0.3) is 16.0 Å². The Morgan fingerprint density at radius 1 is 1.13 bits per heavy atom. The van der Waals surface area contributed by atoms with E-state index in [0.717, 1.165) is 12.1 Å². The quantitative estimate of drug-likeness (QED) is 0.242. The number of nitrogens with zero attached hydrogens (tertiary/aromatic N) is 1. The Kier molecular flexibility index (Phi) is 8.77. The van der Waals surface area contributed by atoms with Gasteiger partial charge >= 0.3 is 12.1 Å². The van der Waals surface area contributed by atoms with Gasteiger partial charge in [0, 0.05) is 29.1 Å². The lowest BCUT2D eigenvalue weighted by Gasteiger charge is -2.23. The minimum Gasteiger partial charge on any atom is -0.496 e. The number of hydrogen-bond donors (Lipinski definition) is 2. The number of alkyl halides is 4. The van der Waals surface area contributed by atoms with Gasteiger partial charge in [-0.3, -0.25) is 23.8 Å². The molecule has 39 heavy (non-hydrogen) atoms. The molecule has 0 aromatic heterocycles. The van der Waals surface area contributed by atoms with Gasteiger partial charge in [0.1, 0.15) is 5.75 Å². The lowest BCUT2D eigenvalue weighted by Crippen LogP contribution is -2.40. The van der Waals surface area contributed by atoms with Crippen molar-refractivity contribution in [2.45, 2.75) is 24.7 Å². The van der Waals surface area contributed by atoms with E-state index in [1.165, 1.54) is 19.2 Å². The molecule has 10 nitrogen and oxygen atoms in total. The van der Waals surface area contributed by atoms with Crippen molar-refractivity contribution in [1.29, 1.82) is 0 Å². The second-order valence-corrected chi connectivity index (χ2v) is 10.3. The smallest absolute Gasteiger partial charge is 0.416 e. The van der Waals surface area contributed by atoms with Crippen LogP contribution in [-0.2, 0) is 41.1 Å². The number of nitrogens with one attached hydrogen (secondary N) is 1. The van der Waals surface area contributed by atoms with Gasteiger partial charge < -0.3 is 14.8 Å². The summed E-state index contributed by atoms with van der Waals surface area (Å²) in [5.41, 5.74) is -5.58. The summed E-state index contributed by atoms with van der Waals surface area (Å²) in [7, 11) is -3.11. The maximum absolute atomic E-state index is 16.7. The normalized spacial score (nSPS) is 17.1. The fourth-order valence-corrected chi connectivity index (χ4v) is 4.34. The van der Waals surface area contributed by atoms with Gasteiger partial charge in [-0.15, -0.1) is 0 Å². The number of esters is 1. The minimum absolute atomic E-state index is 0.0174. The molecule has 1 heterocycles. The fourth-order valence-electron chi connectivity index (χ4n) is 3.80. The molecule has 0 unspecified atom stereocenters. The number of fused-ring (bicyclic) bond motifs is 1. The molecule has 0 spiro atoms. The molecule has 1 aliphatic heterocycles. The monoisotopic (exact) mass is 596 g/mol. The molecule has 1 aliphatic rings. The highest BCUT2D eigenvalue weighted by Crippen LogP contribution is 2.51. The first-order valence-corrected chi connectivity index (χ1v) is 13.0. The molecule has 0 radical (unpaired) electrons. The number of methoxy groups -OCH3 is 1. The van der Waals surface area contributed by atoms with E-state index in [1.54, 1.807) is 0 Å². The Morgan fingerprint density at radius 3 is 2.44 bits per heavy atom. The molecule has 3 rings (SSSR count). The number of halogens is 5. The molecule has 0 saturated carbocycles. The Balaban J connectivity index is 1.84. The molecule has 2 N–H and O–H groups in total. The molecule has 2 aromatic carbocycles. The molecular weight excluding hydrogens is 576 g/mol. The summed E-state index contributed by atoms with van der Waals surface area (Å²) in [5.74, 6) is -4.04. The summed E-state index contributed by atoms with van der Waals surface area (Å²) in [6, 6.07) is 5.68. The summed E-state index contributed by atoms with van der Waals surface area (Å²) in [6.45, 7) is -1.40. The van der Waals surface area contributed by atoms with Gasteiger partial charge in [0.2, 0.25) is 11.6 Å². The van der Waals surface area contributed by atoms with Gasteiger partial charge in [-0.25, -0.2) is 4.39 Å². The van der Waals surface area contributed by atoms with E-state index in [0.29, 0.717) is 17.0 Å². The van der Waals surface area contributed by atoms with Crippen molar-refractivity contribution in [3.8, 4) is 5.75 Å². The topological polar surface area (TPSA) is 139 Å². The molecule has 2 amide bonds. The average Bonchev–Trinajstić information content (AvgIpc) is 3.06. The summed E-state index contributed by atoms with van der Waals surface area (Å²) in [4.78, 5) is 37.8. The van der Waals surface area contributed by atoms with Crippen LogP contribution in [0.15, 0.2) is 36.4 Å². The van der Waals surface area contributed by atoms with Crippen LogP contribution in [0.25, 0.3) is 0 Å².